The van der Waals surface area contributed by atoms with Crippen molar-refractivity contribution in [2.45, 2.75) is 31.6 Å². The number of nitrogens with zero attached hydrogens (tertiary/aromatic N) is 2. The molecule has 4 nitrogen and oxygen atoms in total. The summed E-state index contributed by atoms with van der Waals surface area (Å²) in [6.07, 6.45) is 2.44. The number of alkyl halides is 1. The van der Waals surface area contributed by atoms with Crippen LogP contribution < -0.4 is 10.1 Å². The Morgan fingerprint density at radius 1 is 1.45 bits per heavy atom. The second-order valence-corrected chi connectivity index (χ2v) is 5.77. The lowest BCUT2D eigenvalue weighted by Crippen LogP contribution is -1.97. The van der Waals surface area contributed by atoms with E-state index in [1.165, 1.54) is 24.4 Å². The highest BCUT2D eigenvalue weighted by Crippen LogP contribution is 2.39. The Bertz CT molecular complexity index is 598. The number of ether oxygens (including phenoxy) is 1. The molecule has 0 radical (unpaired) electrons. The third-order valence-electron chi connectivity index (χ3n) is 3.14. The van der Waals surface area contributed by atoms with E-state index in [-0.39, 0.29) is 0 Å². The quantitative estimate of drug-likeness (QED) is 0.808. The van der Waals surface area contributed by atoms with Crippen molar-refractivity contribution in [2.24, 2.45) is 0 Å². The van der Waals surface area contributed by atoms with Gasteiger partial charge in [-0.15, -0.1) is 11.6 Å². The molecular formula is C14H16ClN3OS. The van der Waals surface area contributed by atoms with Gasteiger partial charge in [0, 0.05) is 28.7 Å². The van der Waals surface area contributed by atoms with Crippen LogP contribution in [0.5, 0.6) is 5.75 Å². The van der Waals surface area contributed by atoms with E-state index in [4.69, 9.17) is 16.3 Å². The number of hydrogen-bond donors (Lipinski definition) is 1. The molecule has 0 bridgehead atoms. The van der Waals surface area contributed by atoms with Gasteiger partial charge in [0.2, 0.25) is 5.13 Å². The highest BCUT2D eigenvalue weighted by Gasteiger charge is 2.27. The fourth-order valence-electron chi connectivity index (χ4n) is 1.97. The molecule has 6 heteroatoms. The van der Waals surface area contributed by atoms with E-state index in [2.05, 4.69) is 14.7 Å². The van der Waals surface area contributed by atoms with Crippen molar-refractivity contribution >= 4 is 34.0 Å². The summed E-state index contributed by atoms with van der Waals surface area (Å²) in [6, 6.07) is 5.90. The maximum Gasteiger partial charge on any atom is 0.207 e. The molecule has 1 heterocycles. The first kappa shape index (κ1) is 13.6. The van der Waals surface area contributed by atoms with Gasteiger partial charge in [0.1, 0.15) is 11.6 Å². The molecule has 1 aliphatic rings. The Balaban J connectivity index is 1.75. The lowest BCUT2D eigenvalue weighted by atomic mass is 10.2. The summed E-state index contributed by atoms with van der Waals surface area (Å²) in [5.74, 6) is 2.82. The summed E-state index contributed by atoms with van der Waals surface area (Å²) in [6.45, 7) is 2.60. The number of nitrogens with one attached hydrogen (secondary N) is 1. The van der Waals surface area contributed by atoms with Gasteiger partial charge in [0.25, 0.3) is 0 Å². The van der Waals surface area contributed by atoms with Crippen molar-refractivity contribution in [3.8, 4) is 5.75 Å². The summed E-state index contributed by atoms with van der Waals surface area (Å²) in [5.41, 5.74) is 1.94. The van der Waals surface area contributed by atoms with Crippen LogP contribution in [0.4, 0.5) is 10.8 Å². The number of anilines is 2. The van der Waals surface area contributed by atoms with E-state index in [0.717, 1.165) is 28.0 Å². The molecule has 2 aromatic rings. The first-order chi connectivity index (χ1) is 9.80. The maximum absolute atomic E-state index is 5.96. The zero-order valence-electron chi connectivity index (χ0n) is 11.2. The average molecular weight is 310 g/mol. The van der Waals surface area contributed by atoms with Crippen molar-refractivity contribution in [1.29, 1.82) is 0 Å². The third kappa shape index (κ3) is 3.04. The third-order valence-corrected chi connectivity index (χ3v) is 4.07. The Kier molecular flexibility index (Phi) is 4.08. The fraction of sp³-hybridized carbons (Fsp3) is 0.429. The molecule has 3 rings (SSSR count). The number of hydrogen-bond acceptors (Lipinski definition) is 5. The van der Waals surface area contributed by atoms with E-state index < -0.39 is 0 Å². The van der Waals surface area contributed by atoms with Gasteiger partial charge < -0.3 is 10.1 Å². The second-order valence-electron chi connectivity index (χ2n) is 4.75. The van der Waals surface area contributed by atoms with Crippen LogP contribution >= 0.6 is 23.1 Å². The zero-order valence-corrected chi connectivity index (χ0v) is 12.8. The van der Waals surface area contributed by atoms with E-state index in [9.17, 15) is 0 Å². The van der Waals surface area contributed by atoms with E-state index >= 15 is 0 Å². The molecule has 106 valence electrons. The lowest BCUT2D eigenvalue weighted by Gasteiger charge is -2.10. The zero-order chi connectivity index (χ0) is 13.9. The second kappa shape index (κ2) is 5.97. The van der Waals surface area contributed by atoms with Crippen LogP contribution in [0.15, 0.2) is 18.2 Å². The molecular weight excluding hydrogens is 294 g/mol. The van der Waals surface area contributed by atoms with Gasteiger partial charge in [-0.25, -0.2) is 4.98 Å². The average Bonchev–Trinajstić information content (AvgIpc) is 3.21. The molecule has 1 fully saturated rings. The molecule has 1 aliphatic carbocycles. The van der Waals surface area contributed by atoms with Gasteiger partial charge in [-0.1, -0.05) is 0 Å². The van der Waals surface area contributed by atoms with E-state index in [0.29, 0.717) is 18.4 Å². The first-order valence-corrected chi connectivity index (χ1v) is 8.03. The minimum Gasteiger partial charge on any atom is -0.494 e. The summed E-state index contributed by atoms with van der Waals surface area (Å²) in [4.78, 5) is 4.51. The Morgan fingerprint density at radius 3 is 3.00 bits per heavy atom. The Morgan fingerprint density at radius 2 is 2.30 bits per heavy atom. The normalized spacial score (nSPS) is 14.3. The molecule has 1 aromatic carbocycles. The van der Waals surface area contributed by atoms with Crippen LogP contribution in [0.2, 0.25) is 0 Å². The van der Waals surface area contributed by atoms with Crippen molar-refractivity contribution in [2.75, 3.05) is 11.9 Å². The standard InChI is InChI=1S/C14H16ClN3OS/c1-2-19-12-6-5-11(7-10(12)8-15)16-14-17-13(18-20-14)9-3-4-9/h5-7,9H,2-4,8H2,1H3,(H,16,17,18). The van der Waals surface area contributed by atoms with Crippen LogP contribution in [0.1, 0.15) is 37.1 Å². The van der Waals surface area contributed by atoms with Crippen LogP contribution in [0.25, 0.3) is 0 Å². The largest absolute Gasteiger partial charge is 0.494 e. The summed E-state index contributed by atoms with van der Waals surface area (Å²) in [7, 11) is 0. The highest BCUT2D eigenvalue weighted by atomic mass is 35.5. The molecule has 0 unspecified atom stereocenters. The van der Waals surface area contributed by atoms with Crippen LogP contribution in [0.3, 0.4) is 0 Å². The molecule has 0 spiro atoms. The number of aromatic nitrogens is 2. The number of halogens is 1. The Labute approximate surface area is 127 Å². The van der Waals surface area contributed by atoms with Crippen molar-refractivity contribution < 1.29 is 4.74 Å². The van der Waals surface area contributed by atoms with Crippen molar-refractivity contribution in [3.63, 3.8) is 0 Å². The predicted molar refractivity (Wildman–Crippen MR) is 82.3 cm³/mol. The Hall–Kier alpha value is -1.33. The topological polar surface area (TPSA) is 47.0 Å². The molecule has 20 heavy (non-hydrogen) atoms. The number of benzene rings is 1. The van der Waals surface area contributed by atoms with Crippen molar-refractivity contribution in [3.05, 3.63) is 29.6 Å². The molecule has 1 N–H and O–H groups in total. The van der Waals surface area contributed by atoms with E-state index in [1.54, 1.807) is 0 Å². The lowest BCUT2D eigenvalue weighted by molar-refractivity contribution is 0.337. The van der Waals surface area contributed by atoms with Gasteiger partial charge in [-0.3, -0.25) is 0 Å². The highest BCUT2D eigenvalue weighted by molar-refractivity contribution is 7.09. The molecule has 0 saturated heterocycles. The molecule has 0 aliphatic heterocycles. The van der Waals surface area contributed by atoms with Crippen LogP contribution in [-0.4, -0.2) is 16.0 Å². The smallest absolute Gasteiger partial charge is 0.207 e. The molecule has 0 atom stereocenters. The van der Waals surface area contributed by atoms with Crippen LogP contribution in [0, 0.1) is 0 Å². The van der Waals surface area contributed by atoms with E-state index in [1.807, 2.05) is 25.1 Å². The summed E-state index contributed by atoms with van der Waals surface area (Å²) in [5, 5.41) is 4.11. The van der Waals surface area contributed by atoms with Crippen molar-refractivity contribution in [1.82, 2.24) is 9.36 Å². The minimum atomic E-state index is 0.425. The maximum atomic E-state index is 5.96. The monoisotopic (exact) mass is 309 g/mol. The summed E-state index contributed by atoms with van der Waals surface area (Å²) < 4.78 is 9.92. The van der Waals surface area contributed by atoms with Gasteiger partial charge in [-0.2, -0.15) is 4.37 Å². The van der Waals surface area contributed by atoms with Gasteiger partial charge in [0.15, 0.2) is 0 Å². The summed E-state index contributed by atoms with van der Waals surface area (Å²) >= 11 is 7.37. The van der Waals surface area contributed by atoms with Gasteiger partial charge >= 0.3 is 0 Å². The first-order valence-electron chi connectivity index (χ1n) is 6.72. The van der Waals surface area contributed by atoms with Gasteiger partial charge in [-0.05, 0) is 38.0 Å². The van der Waals surface area contributed by atoms with Gasteiger partial charge in [0.05, 0.1) is 12.5 Å². The predicted octanol–water partition coefficient (Wildman–Crippen LogP) is 4.30. The fourth-order valence-corrected chi connectivity index (χ4v) is 2.85. The molecule has 1 aromatic heterocycles. The SMILES string of the molecule is CCOc1ccc(Nc2nc(C3CC3)ns2)cc1CCl. The molecule has 1 saturated carbocycles. The molecule has 0 amide bonds. The van der Waals surface area contributed by atoms with Crippen LogP contribution in [-0.2, 0) is 5.88 Å². The minimum absolute atomic E-state index is 0.425. The number of rotatable bonds is 6.